The molecule has 122 valence electrons. The largest absolute Gasteiger partial charge is 0.444 e. The Balaban J connectivity index is 2.29. The van der Waals surface area contributed by atoms with Gasteiger partial charge in [0.15, 0.2) is 0 Å². The summed E-state index contributed by atoms with van der Waals surface area (Å²) in [6.07, 6.45) is -5.10. The summed E-state index contributed by atoms with van der Waals surface area (Å²) in [5, 5.41) is 9.49. The van der Waals surface area contributed by atoms with Crippen LogP contribution in [0.15, 0.2) is 18.2 Å². The zero-order valence-corrected chi connectivity index (χ0v) is 12.6. The molecule has 4 nitrogen and oxygen atoms in total. The number of carbonyl (C=O) groups excluding carboxylic acids is 1. The number of alkyl halides is 3. The third kappa shape index (κ3) is 3.35. The highest BCUT2D eigenvalue weighted by Gasteiger charge is 2.38. The van der Waals surface area contributed by atoms with Crippen LogP contribution in [0.3, 0.4) is 0 Å². The van der Waals surface area contributed by atoms with Crippen molar-refractivity contribution in [1.82, 2.24) is 4.90 Å². The molecule has 0 aromatic heterocycles. The Morgan fingerprint density at radius 1 is 1.36 bits per heavy atom. The van der Waals surface area contributed by atoms with E-state index >= 15 is 0 Å². The molecule has 1 aromatic carbocycles. The van der Waals surface area contributed by atoms with Gasteiger partial charge in [-0.15, -0.1) is 0 Å². The van der Waals surface area contributed by atoms with Crippen LogP contribution in [0.5, 0.6) is 0 Å². The molecular weight excluding hydrogens is 299 g/mol. The van der Waals surface area contributed by atoms with Gasteiger partial charge >= 0.3 is 12.3 Å². The number of aliphatic hydroxyl groups excluding tert-OH is 1. The van der Waals surface area contributed by atoms with Crippen molar-refractivity contribution in [2.24, 2.45) is 0 Å². The first-order chi connectivity index (χ1) is 10.0. The number of hydrogen-bond donors (Lipinski definition) is 1. The predicted octanol–water partition coefficient (Wildman–Crippen LogP) is 3.49. The van der Waals surface area contributed by atoms with Crippen LogP contribution in [-0.4, -0.2) is 28.3 Å². The maximum absolute atomic E-state index is 12.8. The van der Waals surface area contributed by atoms with Crippen LogP contribution >= 0.6 is 0 Å². The van der Waals surface area contributed by atoms with Gasteiger partial charge in [0.25, 0.3) is 0 Å². The molecule has 7 heteroatoms. The standard InChI is InChI=1S/C15H18F3NO3/c1-14(2,3)22-13(21)19-7-9-6-10(15(16,17)18)4-5-11(9)12(19)8-20/h4-6,12,20H,7-8H2,1-3H3/t12-/m0/s1. The summed E-state index contributed by atoms with van der Waals surface area (Å²) in [6, 6.07) is 2.60. The Hall–Kier alpha value is -1.76. The minimum absolute atomic E-state index is 0.0145. The number of aliphatic hydroxyl groups is 1. The van der Waals surface area contributed by atoms with Crippen LogP contribution in [0.4, 0.5) is 18.0 Å². The molecule has 1 atom stereocenters. The van der Waals surface area contributed by atoms with Gasteiger partial charge in [-0.25, -0.2) is 4.79 Å². The molecule has 0 spiro atoms. The summed E-state index contributed by atoms with van der Waals surface area (Å²) >= 11 is 0. The fourth-order valence-electron chi connectivity index (χ4n) is 2.41. The van der Waals surface area contributed by atoms with Crippen LogP contribution < -0.4 is 0 Å². The van der Waals surface area contributed by atoms with E-state index in [1.807, 2.05) is 0 Å². The molecule has 2 rings (SSSR count). The molecule has 1 heterocycles. The molecular formula is C15H18F3NO3. The lowest BCUT2D eigenvalue weighted by Gasteiger charge is -2.28. The van der Waals surface area contributed by atoms with Crippen molar-refractivity contribution in [3.05, 3.63) is 34.9 Å². The summed E-state index contributed by atoms with van der Waals surface area (Å²) < 4.78 is 43.5. The molecule has 0 radical (unpaired) electrons. The van der Waals surface area contributed by atoms with Gasteiger partial charge < -0.3 is 9.84 Å². The number of ether oxygens (including phenoxy) is 1. The molecule has 22 heavy (non-hydrogen) atoms. The smallest absolute Gasteiger partial charge is 0.416 e. The second-order valence-electron chi connectivity index (χ2n) is 6.22. The number of halogens is 3. The predicted molar refractivity (Wildman–Crippen MR) is 73.0 cm³/mol. The van der Waals surface area contributed by atoms with Crippen molar-refractivity contribution in [2.45, 2.75) is 45.1 Å². The summed E-state index contributed by atoms with van der Waals surface area (Å²) in [6.45, 7) is 4.70. The van der Waals surface area contributed by atoms with Crippen LogP contribution in [0.1, 0.15) is 43.5 Å². The Morgan fingerprint density at radius 2 is 2.00 bits per heavy atom. The maximum atomic E-state index is 12.8. The number of amides is 1. The van der Waals surface area contributed by atoms with E-state index in [0.29, 0.717) is 11.1 Å². The van der Waals surface area contributed by atoms with Crippen LogP contribution in [-0.2, 0) is 17.5 Å². The van der Waals surface area contributed by atoms with E-state index in [1.54, 1.807) is 20.8 Å². The van der Waals surface area contributed by atoms with Crippen molar-refractivity contribution < 1.29 is 27.8 Å². The molecule has 1 amide bonds. The van der Waals surface area contributed by atoms with Gasteiger partial charge in [0.05, 0.1) is 24.8 Å². The summed E-state index contributed by atoms with van der Waals surface area (Å²) in [5.41, 5.74) is -0.599. The highest BCUT2D eigenvalue weighted by atomic mass is 19.4. The third-order valence-corrected chi connectivity index (χ3v) is 3.35. The summed E-state index contributed by atoms with van der Waals surface area (Å²) in [4.78, 5) is 13.4. The molecule has 1 aliphatic rings. The Bertz CT molecular complexity index is 578. The van der Waals surface area contributed by atoms with Crippen molar-refractivity contribution in [2.75, 3.05) is 6.61 Å². The van der Waals surface area contributed by atoms with E-state index in [1.165, 1.54) is 11.0 Å². The second-order valence-corrected chi connectivity index (χ2v) is 6.22. The lowest BCUT2D eigenvalue weighted by Crippen LogP contribution is -2.36. The molecule has 0 aliphatic carbocycles. The number of fused-ring (bicyclic) bond motifs is 1. The summed E-state index contributed by atoms with van der Waals surface area (Å²) in [5.74, 6) is 0. The molecule has 0 bridgehead atoms. The number of benzene rings is 1. The maximum Gasteiger partial charge on any atom is 0.416 e. The number of rotatable bonds is 1. The van der Waals surface area contributed by atoms with E-state index in [0.717, 1.165) is 12.1 Å². The monoisotopic (exact) mass is 317 g/mol. The lowest BCUT2D eigenvalue weighted by atomic mass is 10.0. The molecule has 1 N–H and O–H groups in total. The van der Waals surface area contributed by atoms with Gasteiger partial charge in [-0.2, -0.15) is 13.2 Å². The Kier molecular flexibility index (Phi) is 4.12. The van der Waals surface area contributed by atoms with E-state index in [2.05, 4.69) is 0 Å². The van der Waals surface area contributed by atoms with E-state index in [4.69, 9.17) is 4.74 Å². The first-order valence-electron chi connectivity index (χ1n) is 6.83. The van der Waals surface area contributed by atoms with Gasteiger partial charge in [0.2, 0.25) is 0 Å². The highest BCUT2D eigenvalue weighted by Crippen LogP contribution is 2.38. The van der Waals surface area contributed by atoms with Gasteiger partial charge in [-0.3, -0.25) is 4.90 Å². The fraction of sp³-hybridized carbons (Fsp3) is 0.533. The first-order valence-corrected chi connectivity index (χ1v) is 6.83. The average Bonchev–Trinajstić information content (AvgIpc) is 2.73. The van der Waals surface area contributed by atoms with Crippen LogP contribution in [0.2, 0.25) is 0 Å². The number of hydrogen-bond acceptors (Lipinski definition) is 3. The SMILES string of the molecule is CC(C)(C)OC(=O)N1Cc2cc(C(F)(F)F)ccc2[C@@H]1CO. The summed E-state index contributed by atoms with van der Waals surface area (Å²) in [7, 11) is 0. The van der Waals surface area contributed by atoms with E-state index in [9.17, 15) is 23.1 Å². The average molecular weight is 317 g/mol. The van der Waals surface area contributed by atoms with Gasteiger partial charge in [0, 0.05) is 0 Å². The topological polar surface area (TPSA) is 49.8 Å². The molecule has 0 saturated carbocycles. The number of carbonyl (C=O) groups is 1. The zero-order valence-electron chi connectivity index (χ0n) is 12.6. The Labute approximate surface area is 126 Å². The molecule has 0 fully saturated rings. The molecule has 1 aliphatic heterocycles. The zero-order chi connectivity index (χ0) is 16.7. The van der Waals surface area contributed by atoms with Crippen LogP contribution in [0.25, 0.3) is 0 Å². The Morgan fingerprint density at radius 3 is 2.50 bits per heavy atom. The third-order valence-electron chi connectivity index (χ3n) is 3.35. The molecule has 0 unspecified atom stereocenters. The highest BCUT2D eigenvalue weighted by molar-refractivity contribution is 5.70. The van der Waals surface area contributed by atoms with Gasteiger partial charge in [0.1, 0.15) is 5.60 Å². The normalized spacial score (nSPS) is 18.3. The van der Waals surface area contributed by atoms with Crippen molar-refractivity contribution in [3.8, 4) is 0 Å². The van der Waals surface area contributed by atoms with Gasteiger partial charge in [-0.05, 0) is 44.0 Å². The van der Waals surface area contributed by atoms with Crippen molar-refractivity contribution >= 4 is 6.09 Å². The molecule has 0 saturated heterocycles. The first kappa shape index (κ1) is 16.6. The van der Waals surface area contributed by atoms with Crippen molar-refractivity contribution in [3.63, 3.8) is 0 Å². The van der Waals surface area contributed by atoms with Crippen molar-refractivity contribution in [1.29, 1.82) is 0 Å². The van der Waals surface area contributed by atoms with E-state index in [-0.39, 0.29) is 13.2 Å². The van der Waals surface area contributed by atoms with E-state index < -0.39 is 29.5 Å². The van der Waals surface area contributed by atoms with Crippen LogP contribution in [0, 0.1) is 0 Å². The number of nitrogens with zero attached hydrogens (tertiary/aromatic N) is 1. The quantitative estimate of drug-likeness (QED) is 0.862. The minimum Gasteiger partial charge on any atom is -0.444 e. The fourth-order valence-corrected chi connectivity index (χ4v) is 2.41. The lowest BCUT2D eigenvalue weighted by molar-refractivity contribution is -0.137. The van der Waals surface area contributed by atoms with Gasteiger partial charge in [-0.1, -0.05) is 6.07 Å². The second kappa shape index (κ2) is 5.46. The minimum atomic E-state index is -4.44. The molecule has 1 aromatic rings.